The van der Waals surface area contributed by atoms with Crippen LogP contribution in [0, 0.1) is 5.92 Å². The average molecular weight is 342 g/mol. The summed E-state index contributed by atoms with van der Waals surface area (Å²) in [4.78, 5) is 15.2. The van der Waals surface area contributed by atoms with Gasteiger partial charge in [0.15, 0.2) is 0 Å². The van der Waals surface area contributed by atoms with Gasteiger partial charge in [-0.15, -0.1) is 0 Å². The molecule has 4 heteroatoms. The lowest BCUT2D eigenvalue weighted by atomic mass is 9.71. The van der Waals surface area contributed by atoms with Gasteiger partial charge in [-0.25, -0.2) is 0 Å². The maximum atomic E-state index is 13.0. The molecule has 4 nitrogen and oxygen atoms in total. The summed E-state index contributed by atoms with van der Waals surface area (Å²) >= 11 is 0. The summed E-state index contributed by atoms with van der Waals surface area (Å²) < 4.78 is 8.65. The van der Waals surface area contributed by atoms with Gasteiger partial charge in [0.1, 0.15) is 11.3 Å². The summed E-state index contributed by atoms with van der Waals surface area (Å²) in [6, 6.07) is 8.73. The highest BCUT2D eigenvalue weighted by atomic mass is 16.5. The number of carbonyl (C=O) groups excluding carboxylic acids is 1. The summed E-state index contributed by atoms with van der Waals surface area (Å²) in [7, 11) is 0. The Morgan fingerprint density at radius 3 is 3.12 bits per heavy atom. The van der Waals surface area contributed by atoms with E-state index in [2.05, 4.69) is 52.0 Å². The Labute approximate surface area is 151 Å². The molecule has 1 aromatic heterocycles. The van der Waals surface area contributed by atoms with E-state index in [0.29, 0.717) is 13.0 Å². The van der Waals surface area contributed by atoms with Crippen molar-refractivity contribution in [2.75, 3.05) is 13.2 Å². The standard InChI is InChI=1S/C22H18N2O2/c25-19-11-13-12-26-18-8-4-3-7-17-20(18)22(13)21-15(9-10-23(19)22)14-5-1-2-6-16(14)24(17)21/h1-6,8,13H,7,9-12H2/t13-,22?/m0/s1. The van der Waals surface area contributed by atoms with Crippen LogP contribution in [-0.2, 0) is 21.5 Å². The van der Waals surface area contributed by atoms with Crippen LogP contribution in [0.2, 0.25) is 0 Å². The smallest absolute Gasteiger partial charge is 0.224 e. The number of ether oxygens (including phenoxy) is 1. The van der Waals surface area contributed by atoms with Crippen molar-refractivity contribution in [3.8, 4) is 0 Å². The fraction of sp³-hybridized carbons (Fsp3) is 0.318. The number of hydrogen-bond acceptors (Lipinski definition) is 2. The molecule has 5 heterocycles. The Kier molecular flexibility index (Phi) is 2.14. The number of fused-ring (bicyclic) bond motifs is 4. The lowest BCUT2D eigenvalue weighted by molar-refractivity contribution is -0.131. The van der Waals surface area contributed by atoms with Gasteiger partial charge in [-0.3, -0.25) is 4.79 Å². The van der Waals surface area contributed by atoms with Crippen molar-refractivity contribution in [3.63, 3.8) is 0 Å². The summed E-state index contributed by atoms with van der Waals surface area (Å²) in [6.07, 6.45) is 8.82. The predicted octanol–water partition coefficient (Wildman–Crippen LogP) is 3.34. The third-order valence-corrected chi connectivity index (χ3v) is 6.99. The minimum atomic E-state index is -0.310. The van der Waals surface area contributed by atoms with Crippen molar-refractivity contribution >= 4 is 22.5 Å². The van der Waals surface area contributed by atoms with Gasteiger partial charge in [-0.2, -0.15) is 0 Å². The fourth-order valence-electron chi connectivity index (χ4n) is 6.19. The molecule has 1 amide bonds. The van der Waals surface area contributed by atoms with E-state index < -0.39 is 0 Å². The number of hydrogen-bond donors (Lipinski definition) is 0. The number of benzene rings is 1. The predicted molar refractivity (Wildman–Crippen MR) is 98.1 cm³/mol. The molecule has 7 rings (SSSR count). The molecule has 2 saturated heterocycles. The number of para-hydroxylation sites is 1. The van der Waals surface area contributed by atoms with Gasteiger partial charge < -0.3 is 14.2 Å². The first-order valence-electron chi connectivity index (χ1n) is 9.49. The molecule has 1 aliphatic carbocycles. The molecule has 1 aromatic carbocycles. The van der Waals surface area contributed by atoms with Crippen LogP contribution in [0.3, 0.4) is 0 Å². The normalized spacial score (nSPS) is 30.3. The van der Waals surface area contributed by atoms with Gasteiger partial charge in [0.25, 0.3) is 0 Å². The summed E-state index contributed by atoms with van der Waals surface area (Å²) in [5.41, 5.74) is 6.32. The second-order valence-corrected chi connectivity index (χ2v) is 7.94. The van der Waals surface area contributed by atoms with Crippen LogP contribution in [0.5, 0.6) is 0 Å². The van der Waals surface area contributed by atoms with Crippen LogP contribution in [-0.4, -0.2) is 28.5 Å². The van der Waals surface area contributed by atoms with E-state index in [1.54, 1.807) is 0 Å². The van der Waals surface area contributed by atoms with Gasteiger partial charge in [-0.1, -0.05) is 30.4 Å². The second-order valence-electron chi connectivity index (χ2n) is 7.94. The van der Waals surface area contributed by atoms with E-state index in [9.17, 15) is 4.79 Å². The molecule has 4 aliphatic heterocycles. The highest BCUT2D eigenvalue weighted by molar-refractivity contribution is 5.96. The first-order chi connectivity index (χ1) is 12.8. The number of aromatic nitrogens is 1. The fourth-order valence-corrected chi connectivity index (χ4v) is 6.19. The largest absolute Gasteiger partial charge is 0.493 e. The van der Waals surface area contributed by atoms with Gasteiger partial charge in [0.2, 0.25) is 5.91 Å². The topological polar surface area (TPSA) is 34.5 Å². The molecular weight excluding hydrogens is 324 g/mol. The van der Waals surface area contributed by atoms with Crippen LogP contribution in [0.25, 0.3) is 16.6 Å². The molecule has 1 unspecified atom stereocenters. The van der Waals surface area contributed by atoms with Gasteiger partial charge >= 0.3 is 0 Å². The molecule has 128 valence electrons. The molecule has 26 heavy (non-hydrogen) atoms. The van der Waals surface area contributed by atoms with Crippen molar-refractivity contribution in [1.29, 1.82) is 0 Å². The Hall–Kier alpha value is -2.75. The van der Waals surface area contributed by atoms with Crippen LogP contribution >= 0.6 is 0 Å². The van der Waals surface area contributed by atoms with Gasteiger partial charge in [0.05, 0.1) is 17.8 Å². The first kappa shape index (κ1) is 13.5. The zero-order valence-corrected chi connectivity index (χ0v) is 14.4. The highest BCUT2D eigenvalue weighted by Crippen LogP contribution is 2.63. The van der Waals surface area contributed by atoms with Gasteiger partial charge in [-0.05, 0) is 24.1 Å². The zero-order valence-electron chi connectivity index (χ0n) is 14.4. The quantitative estimate of drug-likeness (QED) is 0.736. The molecule has 2 atom stereocenters. The lowest BCUT2D eigenvalue weighted by Crippen LogP contribution is -2.54. The molecule has 5 aliphatic rings. The van der Waals surface area contributed by atoms with Crippen LogP contribution < -0.4 is 0 Å². The number of amides is 1. The Morgan fingerprint density at radius 1 is 1.23 bits per heavy atom. The SMILES string of the molecule is O=C1C[C@H]2COC3=CC=CCC4=C3C23c2c(c5ccccc5n24)CCN13. The van der Waals surface area contributed by atoms with E-state index in [1.165, 1.54) is 33.4 Å². The summed E-state index contributed by atoms with van der Waals surface area (Å²) in [5, 5.41) is 1.35. The minimum Gasteiger partial charge on any atom is -0.493 e. The molecule has 0 saturated carbocycles. The lowest BCUT2D eigenvalue weighted by Gasteiger charge is -2.47. The molecule has 0 bridgehead atoms. The molecule has 2 fully saturated rings. The van der Waals surface area contributed by atoms with Crippen molar-refractivity contribution in [3.05, 3.63) is 65.1 Å². The average Bonchev–Trinajstić information content (AvgIpc) is 3.19. The highest BCUT2D eigenvalue weighted by Gasteiger charge is 2.66. The number of carbonyl (C=O) groups is 1. The van der Waals surface area contributed by atoms with Crippen LogP contribution in [0.15, 0.2) is 53.8 Å². The van der Waals surface area contributed by atoms with E-state index in [1.807, 2.05) is 0 Å². The third kappa shape index (κ3) is 1.20. The van der Waals surface area contributed by atoms with E-state index >= 15 is 0 Å². The number of allylic oxidation sites excluding steroid dienone is 4. The van der Waals surface area contributed by atoms with E-state index in [-0.39, 0.29) is 17.4 Å². The molecule has 0 N–H and O–H groups in total. The number of nitrogens with zero attached hydrogens (tertiary/aromatic N) is 2. The van der Waals surface area contributed by atoms with Crippen molar-refractivity contribution < 1.29 is 9.53 Å². The van der Waals surface area contributed by atoms with E-state index in [4.69, 9.17) is 4.74 Å². The first-order valence-corrected chi connectivity index (χ1v) is 9.49. The Balaban J connectivity index is 1.72. The second kappa shape index (κ2) is 4.14. The van der Waals surface area contributed by atoms with Gasteiger partial charge in [0, 0.05) is 42.0 Å². The maximum Gasteiger partial charge on any atom is 0.224 e. The minimum absolute atomic E-state index is 0.208. The number of rotatable bonds is 0. The van der Waals surface area contributed by atoms with Crippen LogP contribution in [0.4, 0.5) is 0 Å². The molecule has 1 spiro atoms. The maximum absolute atomic E-state index is 13.0. The van der Waals surface area contributed by atoms with E-state index in [0.717, 1.165) is 25.1 Å². The zero-order chi connectivity index (χ0) is 17.0. The molecule has 2 aromatic rings. The van der Waals surface area contributed by atoms with Crippen molar-refractivity contribution in [2.45, 2.75) is 24.8 Å². The monoisotopic (exact) mass is 342 g/mol. The summed E-state index contributed by atoms with van der Waals surface area (Å²) in [5.74, 6) is 1.46. The molecular formula is C22H18N2O2. The third-order valence-electron chi connectivity index (χ3n) is 6.99. The molecule has 0 radical (unpaired) electrons. The summed E-state index contributed by atoms with van der Waals surface area (Å²) in [6.45, 7) is 1.44. The van der Waals surface area contributed by atoms with Crippen LogP contribution in [0.1, 0.15) is 24.1 Å². The van der Waals surface area contributed by atoms with Crippen molar-refractivity contribution in [2.24, 2.45) is 5.92 Å². The van der Waals surface area contributed by atoms with Crippen molar-refractivity contribution in [1.82, 2.24) is 9.47 Å². The Morgan fingerprint density at radius 2 is 2.15 bits per heavy atom. The Bertz CT molecular complexity index is 1130.